The van der Waals surface area contributed by atoms with Gasteiger partial charge >= 0.3 is 5.97 Å². The highest BCUT2D eigenvalue weighted by Crippen LogP contribution is 2.57. The van der Waals surface area contributed by atoms with Gasteiger partial charge in [0, 0.05) is 25.7 Å². The van der Waals surface area contributed by atoms with Crippen molar-refractivity contribution in [2.75, 3.05) is 19.8 Å². The maximum absolute atomic E-state index is 14.4. The average molecular weight is 756 g/mol. The van der Waals surface area contributed by atoms with E-state index in [0.29, 0.717) is 18.9 Å². The van der Waals surface area contributed by atoms with E-state index < -0.39 is 57.1 Å². The van der Waals surface area contributed by atoms with Crippen LogP contribution in [0.5, 0.6) is 0 Å². The van der Waals surface area contributed by atoms with Gasteiger partial charge in [-0.15, -0.1) is 6.58 Å². The van der Waals surface area contributed by atoms with Crippen LogP contribution in [0.3, 0.4) is 0 Å². The number of sulfonamides is 1. The zero-order valence-corrected chi connectivity index (χ0v) is 30.3. The minimum Gasteiger partial charge on any atom is -0.462 e. The monoisotopic (exact) mass is 754 g/mol. The van der Waals surface area contributed by atoms with Crippen LogP contribution in [-0.4, -0.2) is 78.1 Å². The zero-order chi connectivity index (χ0) is 34.3. The largest absolute Gasteiger partial charge is 0.462 e. The minimum absolute atomic E-state index is 0.0826. The molecule has 1 aromatic heterocycles. The molecule has 258 valence electrons. The molecule has 0 spiro atoms. The van der Waals surface area contributed by atoms with E-state index in [1.54, 1.807) is 6.08 Å². The number of aromatic nitrogens is 1. The first kappa shape index (κ1) is 35.9. The van der Waals surface area contributed by atoms with Gasteiger partial charge in [0.1, 0.15) is 22.2 Å². The summed E-state index contributed by atoms with van der Waals surface area (Å²) in [5.74, 6) is -2.30. The number of amides is 2. The Morgan fingerprint density at radius 1 is 1.21 bits per heavy atom. The highest BCUT2D eigenvalue weighted by molar-refractivity contribution is 9.10. The van der Waals surface area contributed by atoms with Gasteiger partial charge in [0.15, 0.2) is 5.78 Å². The van der Waals surface area contributed by atoms with Gasteiger partial charge in [-0.2, -0.15) is 4.31 Å². The highest BCUT2D eigenvalue weighted by atomic mass is 79.9. The second kappa shape index (κ2) is 13.9. The lowest BCUT2D eigenvalue weighted by atomic mass is 9.77. The Labute approximate surface area is 290 Å². The van der Waals surface area contributed by atoms with Crippen LogP contribution in [0.1, 0.15) is 78.6 Å². The number of hydrogen-bond donors (Lipinski definition) is 1. The molecule has 2 amide bonds. The average Bonchev–Trinajstić information content (AvgIpc) is 3.85. The Morgan fingerprint density at radius 3 is 2.47 bits per heavy atom. The van der Waals surface area contributed by atoms with Crippen LogP contribution in [0.2, 0.25) is 5.15 Å². The lowest BCUT2D eigenvalue weighted by molar-refractivity contribution is -0.156. The number of hydrogen-bond acceptors (Lipinski definition) is 8. The summed E-state index contributed by atoms with van der Waals surface area (Å²) in [5, 5.41) is 3.08. The first-order valence-electron chi connectivity index (χ1n) is 16.3. The van der Waals surface area contributed by atoms with E-state index in [4.69, 9.17) is 16.3 Å². The van der Waals surface area contributed by atoms with Gasteiger partial charge in [-0.25, -0.2) is 13.4 Å². The number of pyridine rings is 1. The third-order valence-electron chi connectivity index (χ3n) is 10.0. The van der Waals surface area contributed by atoms with E-state index in [0.717, 1.165) is 49.0 Å². The first-order chi connectivity index (χ1) is 22.1. The molecular weight excluding hydrogens is 712 g/mol. The van der Waals surface area contributed by atoms with Crippen LogP contribution in [0.4, 0.5) is 0 Å². The van der Waals surface area contributed by atoms with Crippen molar-refractivity contribution in [2.24, 2.45) is 28.6 Å². The molecular formula is C33H44BrClN4O7S. The third-order valence-corrected chi connectivity index (χ3v) is 12.9. The zero-order valence-electron chi connectivity index (χ0n) is 27.2. The van der Waals surface area contributed by atoms with Crippen molar-refractivity contribution in [1.29, 1.82) is 0 Å². The van der Waals surface area contributed by atoms with Gasteiger partial charge in [0.25, 0.3) is 0 Å². The van der Waals surface area contributed by atoms with E-state index in [2.05, 4.69) is 32.8 Å². The lowest BCUT2D eigenvalue weighted by Gasteiger charge is -2.34. The van der Waals surface area contributed by atoms with Crippen molar-refractivity contribution in [3.8, 4) is 0 Å². The second-order valence-electron chi connectivity index (χ2n) is 14.6. The quantitative estimate of drug-likeness (QED) is 0.171. The molecule has 5 rings (SSSR count). The first-order valence-corrected chi connectivity index (χ1v) is 18.9. The van der Waals surface area contributed by atoms with Crippen LogP contribution in [0, 0.1) is 28.6 Å². The summed E-state index contributed by atoms with van der Waals surface area (Å²) in [6.45, 7) is 9.17. The molecule has 4 aliphatic rings. The predicted octanol–water partition coefficient (Wildman–Crippen LogP) is 4.87. The fourth-order valence-corrected chi connectivity index (χ4v) is 8.67. The summed E-state index contributed by atoms with van der Waals surface area (Å²) in [4.78, 5) is 60.1. The van der Waals surface area contributed by atoms with Crippen LogP contribution in [0.15, 0.2) is 34.3 Å². The van der Waals surface area contributed by atoms with Gasteiger partial charge in [-0.05, 0) is 84.2 Å². The van der Waals surface area contributed by atoms with Crippen LogP contribution < -0.4 is 5.32 Å². The Balaban J connectivity index is 1.42. The van der Waals surface area contributed by atoms with Crippen LogP contribution in [-0.2, 0) is 33.9 Å². The molecule has 0 radical (unpaired) electrons. The van der Waals surface area contributed by atoms with Gasteiger partial charge < -0.3 is 15.0 Å². The van der Waals surface area contributed by atoms with Crippen LogP contribution >= 0.6 is 27.5 Å². The minimum atomic E-state index is -4.23. The van der Waals surface area contributed by atoms with Gasteiger partial charge in [-0.3, -0.25) is 19.2 Å². The van der Waals surface area contributed by atoms with Crippen LogP contribution in [0.25, 0.3) is 0 Å². The van der Waals surface area contributed by atoms with Crippen molar-refractivity contribution in [2.45, 2.75) is 95.6 Å². The number of ether oxygens (including phenoxy) is 1. The summed E-state index contributed by atoms with van der Waals surface area (Å²) >= 11 is 9.23. The van der Waals surface area contributed by atoms with Crippen molar-refractivity contribution in [3.63, 3.8) is 0 Å². The number of nitrogens with zero attached hydrogens (tertiary/aromatic N) is 3. The second-order valence-corrected chi connectivity index (χ2v) is 17.7. The molecule has 0 bridgehead atoms. The maximum Gasteiger partial charge on any atom is 0.306 e. The number of carbonyl (C=O) groups is 4. The number of rotatable bonds is 13. The number of esters is 1. The normalized spacial score (nSPS) is 25.8. The topological polar surface area (TPSA) is 143 Å². The van der Waals surface area contributed by atoms with Crippen molar-refractivity contribution in [1.82, 2.24) is 19.5 Å². The summed E-state index contributed by atoms with van der Waals surface area (Å²) in [7, 11) is -4.23. The lowest BCUT2D eigenvalue weighted by Crippen LogP contribution is -2.49. The van der Waals surface area contributed by atoms with Crippen molar-refractivity contribution >= 4 is 61.1 Å². The third kappa shape index (κ3) is 7.94. The van der Waals surface area contributed by atoms with E-state index in [1.165, 1.54) is 11.0 Å². The summed E-state index contributed by atoms with van der Waals surface area (Å²) in [5.41, 5.74) is -1.71. The van der Waals surface area contributed by atoms with Gasteiger partial charge in [0.05, 0.1) is 28.9 Å². The molecule has 1 saturated heterocycles. The maximum atomic E-state index is 14.4. The van der Waals surface area contributed by atoms with Crippen molar-refractivity contribution in [3.05, 3.63) is 34.5 Å². The molecule has 1 aliphatic heterocycles. The number of ketones is 1. The molecule has 2 heterocycles. The standard InChI is InChI=1S/C33H44BrClN4O7S/c1-5-21-14-33(21,31(43)37-16-20-10-11-20)15-27(40)26-18-38(47(44,45)23-12-25(34)29(35)36-17-23)19-39(26)30(42)24(32(2,3)4)13-28(41)46-22-8-6-7-9-22/h5,12,17,20-22,24,26H,1,6-11,13-16,18-19H2,2-4H3,(H,37,43)/t21-,24-,26+,33-/m1/s1. The van der Waals surface area contributed by atoms with Crippen molar-refractivity contribution < 1.29 is 32.3 Å². The Morgan fingerprint density at radius 2 is 1.89 bits per heavy atom. The smallest absolute Gasteiger partial charge is 0.306 e. The summed E-state index contributed by atoms with van der Waals surface area (Å²) in [6.07, 6.45) is 8.35. The SMILES string of the molecule is C=C[C@@H]1C[C@]1(CC(=O)[C@@H]1CN(S(=O)(=O)c2cnc(Cl)c(Br)c2)CN1C(=O)[C@@H](CC(=O)OC1CCCC1)C(C)(C)C)C(=O)NCC1CC1. The molecule has 4 atom stereocenters. The fraction of sp³-hybridized carbons (Fsp3) is 0.667. The Kier molecular flexibility index (Phi) is 10.6. The molecule has 1 aromatic rings. The van der Waals surface area contributed by atoms with E-state index in [9.17, 15) is 27.6 Å². The van der Waals surface area contributed by atoms with E-state index in [1.807, 2.05) is 20.8 Å². The van der Waals surface area contributed by atoms with E-state index in [-0.39, 0.29) is 51.8 Å². The Hall–Kier alpha value is -2.35. The van der Waals surface area contributed by atoms with Gasteiger partial charge in [0.2, 0.25) is 21.8 Å². The number of Topliss-reactive ketones (excluding diaryl/α,β-unsaturated/α-hetero) is 1. The highest BCUT2D eigenvalue weighted by Gasteiger charge is 2.60. The molecule has 4 fully saturated rings. The molecule has 11 nitrogen and oxygen atoms in total. The summed E-state index contributed by atoms with van der Waals surface area (Å²) < 4.78 is 34.7. The molecule has 0 unspecified atom stereocenters. The molecule has 3 saturated carbocycles. The summed E-state index contributed by atoms with van der Waals surface area (Å²) in [6, 6.07) is 0.150. The predicted molar refractivity (Wildman–Crippen MR) is 178 cm³/mol. The molecule has 47 heavy (non-hydrogen) atoms. The number of nitrogens with one attached hydrogen (secondary N) is 1. The number of allylic oxidation sites excluding steroid dienone is 1. The molecule has 0 aromatic carbocycles. The fourth-order valence-electron chi connectivity index (χ4n) is 6.71. The Bertz CT molecular complexity index is 1540. The number of halogens is 2. The van der Waals surface area contributed by atoms with E-state index >= 15 is 0 Å². The van der Waals surface area contributed by atoms with Gasteiger partial charge in [-0.1, -0.05) is 38.4 Å². The molecule has 1 N–H and O–H groups in total. The molecule has 3 aliphatic carbocycles. The molecule has 14 heteroatoms. The number of carbonyl (C=O) groups excluding carboxylic acids is 4.